The Balaban J connectivity index is 1.57. The van der Waals surface area contributed by atoms with Crippen molar-refractivity contribution in [2.24, 2.45) is 0 Å². The number of halogens is 1. The average molecular weight is 364 g/mol. The van der Waals surface area contributed by atoms with Crippen molar-refractivity contribution >= 4 is 11.7 Å². The zero-order valence-electron chi connectivity index (χ0n) is 15.1. The Kier molecular flexibility index (Phi) is 4.62. The molecule has 1 aliphatic rings. The van der Waals surface area contributed by atoms with Gasteiger partial charge in [0.1, 0.15) is 5.82 Å². The summed E-state index contributed by atoms with van der Waals surface area (Å²) < 4.78 is 15.0. The van der Waals surface area contributed by atoms with Crippen LogP contribution in [0.4, 0.5) is 14.9 Å². The van der Waals surface area contributed by atoms with Crippen LogP contribution in [0.2, 0.25) is 0 Å². The van der Waals surface area contributed by atoms with Crippen LogP contribution in [0, 0.1) is 5.82 Å². The molecular weight excluding hydrogens is 343 g/mol. The summed E-state index contributed by atoms with van der Waals surface area (Å²) in [6.07, 6.45) is 3.39. The number of nitrogens with zero attached hydrogens (tertiary/aromatic N) is 3. The van der Waals surface area contributed by atoms with Gasteiger partial charge in [0, 0.05) is 6.54 Å². The molecule has 1 N–H and O–H groups in total. The van der Waals surface area contributed by atoms with Gasteiger partial charge in [-0.15, -0.1) is 0 Å². The number of amides is 2. The first-order chi connectivity index (χ1) is 13.1. The second kappa shape index (κ2) is 7.23. The van der Waals surface area contributed by atoms with Crippen LogP contribution < -0.4 is 10.2 Å². The van der Waals surface area contributed by atoms with E-state index in [1.807, 2.05) is 37.3 Å². The number of hydrogen-bond acceptors (Lipinski definition) is 2. The lowest BCUT2D eigenvalue weighted by atomic mass is 10.1. The minimum Gasteiger partial charge on any atom is -0.331 e. The topological polar surface area (TPSA) is 50.2 Å². The van der Waals surface area contributed by atoms with Gasteiger partial charge in [-0.05, 0) is 49.6 Å². The standard InChI is InChI=1S/C21H21FN4O/c1-15(16-6-3-2-4-7-16)24-21(27)25-13-5-8-19-20(25)14-23-26(19)18-11-9-17(22)10-12-18/h2-4,6-7,9-12,14-15H,5,8,13H2,1H3,(H,24,27)/t15-/m1/s1. The Labute approximate surface area is 157 Å². The first kappa shape index (κ1) is 17.3. The van der Waals surface area contributed by atoms with Gasteiger partial charge >= 0.3 is 6.03 Å². The number of urea groups is 1. The highest BCUT2D eigenvalue weighted by atomic mass is 19.1. The van der Waals surface area contributed by atoms with E-state index in [1.54, 1.807) is 27.9 Å². The summed E-state index contributed by atoms with van der Waals surface area (Å²) in [5.41, 5.74) is 3.63. The molecule has 0 saturated carbocycles. The lowest BCUT2D eigenvalue weighted by Crippen LogP contribution is -2.43. The fourth-order valence-electron chi connectivity index (χ4n) is 3.45. The Morgan fingerprint density at radius 2 is 1.89 bits per heavy atom. The second-order valence-electron chi connectivity index (χ2n) is 6.70. The number of nitrogens with one attached hydrogen (secondary N) is 1. The summed E-state index contributed by atoms with van der Waals surface area (Å²) in [4.78, 5) is 14.6. The van der Waals surface area contributed by atoms with Crippen molar-refractivity contribution in [2.75, 3.05) is 11.4 Å². The zero-order valence-corrected chi connectivity index (χ0v) is 15.1. The fourth-order valence-corrected chi connectivity index (χ4v) is 3.45. The Morgan fingerprint density at radius 1 is 1.15 bits per heavy atom. The Hall–Kier alpha value is -3.15. The maximum Gasteiger partial charge on any atom is 0.322 e. The number of hydrogen-bond donors (Lipinski definition) is 1. The van der Waals surface area contributed by atoms with Gasteiger partial charge in [-0.3, -0.25) is 4.90 Å². The average Bonchev–Trinajstić information content (AvgIpc) is 3.13. The van der Waals surface area contributed by atoms with Gasteiger partial charge in [-0.25, -0.2) is 13.9 Å². The third kappa shape index (κ3) is 3.43. The first-order valence-corrected chi connectivity index (χ1v) is 9.09. The van der Waals surface area contributed by atoms with E-state index < -0.39 is 0 Å². The Morgan fingerprint density at radius 3 is 2.63 bits per heavy atom. The minimum atomic E-state index is -0.282. The highest BCUT2D eigenvalue weighted by Gasteiger charge is 2.27. The summed E-state index contributed by atoms with van der Waals surface area (Å²) in [6.45, 7) is 2.62. The van der Waals surface area contributed by atoms with Crippen LogP contribution >= 0.6 is 0 Å². The normalized spacial score (nSPS) is 14.5. The largest absolute Gasteiger partial charge is 0.331 e. The molecule has 0 aliphatic carbocycles. The summed E-state index contributed by atoms with van der Waals surface area (Å²) in [5, 5.41) is 7.50. The number of aromatic nitrogens is 2. The molecule has 2 aromatic carbocycles. The van der Waals surface area contributed by atoms with Crippen LogP contribution in [0.25, 0.3) is 5.69 Å². The predicted molar refractivity (Wildman–Crippen MR) is 103 cm³/mol. The number of carbonyl (C=O) groups is 1. The molecule has 2 heterocycles. The molecule has 0 spiro atoms. The number of fused-ring (bicyclic) bond motifs is 1. The number of rotatable bonds is 3. The van der Waals surface area contributed by atoms with E-state index in [0.29, 0.717) is 6.54 Å². The molecule has 1 aromatic heterocycles. The third-order valence-corrected chi connectivity index (χ3v) is 4.89. The van der Waals surface area contributed by atoms with Gasteiger partial charge in [0.2, 0.25) is 0 Å². The second-order valence-corrected chi connectivity index (χ2v) is 6.70. The lowest BCUT2D eigenvalue weighted by Gasteiger charge is -2.29. The molecule has 3 aromatic rings. The molecule has 138 valence electrons. The van der Waals surface area contributed by atoms with Crippen LogP contribution in [0.5, 0.6) is 0 Å². The molecule has 5 nitrogen and oxygen atoms in total. The van der Waals surface area contributed by atoms with E-state index in [2.05, 4.69) is 10.4 Å². The molecule has 4 rings (SSSR count). The molecule has 0 unspecified atom stereocenters. The minimum absolute atomic E-state index is 0.0868. The number of benzene rings is 2. The van der Waals surface area contributed by atoms with Gasteiger partial charge in [0.05, 0.1) is 29.3 Å². The SMILES string of the molecule is C[C@@H](NC(=O)N1CCCc2c1cnn2-c1ccc(F)cc1)c1ccccc1. The lowest BCUT2D eigenvalue weighted by molar-refractivity contribution is 0.243. The first-order valence-electron chi connectivity index (χ1n) is 9.09. The van der Waals surface area contributed by atoms with Crippen molar-refractivity contribution in [2.45, 2.75) is 25.8 Å². The van der Waals surface area contributed by atoms with Crippen molar-refractivity contribution in [3.8, 4) is 5.69 Å². The molecule has 2 amide bonds. The Bertz CT molecular complexity index is 937. The van der Waals surface area contributed by atoms with E-state index in [-0.39, 0.29) is 17.9 Å². The predicted octanol–water partition coefficient (Wildman–Crippen LogP) is 4.23. The number of carbonyl (C=O) groups excluding carboxylic acids is 1. The third-order valence-electron chi connectivity index (χ3n) is 4.89. The van der Waals surface area contributed by atoms with Gasteiger partial charge in [0.25, 0.3) is 0 Å². The summed E-state index contributed by atoms with van der Waals surface area (Å²) >= 11 is 0. The van der Waals surface area contributed by atoms with Crippen LogP contribution in [0.3, 0.4) is 0 Å². The fraction of sp³-hybridized carbons (Fsp3) is 0.238. The van der Waals surface area contributed by atoms with Gasteiger partial charge in [-0.2, -0.15) is 5.10 Å². The maximum absolute atomic E-state index is 13.2. The number of anilines is 1. The summed E-state index contributed by atoms with van der Waals surface area (Å²) in [5.74, 6) is -0.282. The molecule has 0 saturated heterocycles. The molecule has 0 radical (unpaired) electrons. The molecule has 0 bridgehead atoms. The van der Waals surface area contributed by atoms with Crippen molar-refractivity contribution in [3.63, 3.8) is 0 Å². The molecule has 0 fully saturated rings. The van der Waals surface area contributed by atoms with E-state index in [1.165, 1.54) is 12.1 Å². The smallest absolute Gasteiger partial charge is 0.322 e. The van der Waals surface area contributed by atoms with Gasteiger partial charge in [-0.1, -0.05) is 30.3 Å². The van der Waals surface area contributed by atoms with Crippen molar-refractivity contribution < 1.29 is 9.18 Å². The molecule has 1 atom stereocenters. The van der Waals surface area contributed by atoms with Crippen LogP contribution in [0.15, 0.2) is 60.8 Å². The van der Waals surface area contributed by atoms with Crippen molar-refractivity contribution in [1.82, 2.24) is 15.1 Å². The van der Waals surface area contributed by atoms with Crippen molar-refractivity contribution in [1.29, 1.82) is 0 Å². The van der Waals surface area contributed by atoms with Gasteiger partial charge in [0.15, 0.2) is 0 Å². The molecule has 6 heteroatoms. The summed E-state index contributed by atoms with van der Waals surface area (Å²) in [6, 6.07) is 15.9. The van der Waals surface area contributed by atoms with Crippen LogP contribution in [-0.2, 0) is 6.42 Å². The van der Waals surface area contributed by atoms with E-state index in [0.717, 1.165) is 35.5 Å². The van der Waals surface area contributed by atoms with E-state index >= 15 is 0 Å². The quantitative estimate of drug-likeness (QED) is 0.756. The maximum atomic E-state index is 13.2. The monoisotopic (exact) mass is 364 g/mol. The zero-order chi connectivity index (χ0) is 18.8. The molecule has 1 aliphatic heterocycles. The van der Waals surface area contributed by atoms with Crippen LogP contribution in [-0.4, -0.2) is 22.4 Å². The van der Waals surface area contributed by atoms with E-state index in [4.69, 9.17) is 0 Å². The highest BCUT2D eigenvalue weighted by Crippen LogP contribution is 2.29. The molecular formula is C21H21FN4O. The summed E-state index contributed by atoms with van der Waals surface area (Å²) in [7, 11) is 0. The van der Waals surface area contributed by atoms with Crippen LogP contribution in [0.1, 0.15) is 30.6 Å². The molecule has 27 heavy (non-hydrogen) atoms. The van der Waals surface area contributed by atoms with E-state index in [9.17, 15) is 9.18 Å². The highest BCUT2D eigenvalue weighted by molar-refractivity contribution is 5.93. The van der Waals surface area contributed by atoms with Crippen molar-refractivity contribution in [3.05, 3.63) is 77.9 Å². The van der Waals surface area contributed by atoms with Gasteiger partial charge < -0.3 is 5.32 Å².